The van der Waals surface area contributed by atoms with E-state index < -0.39 is 5.97 Å². The quantitative estimate of drug-likeness (QED) is 0.105. The minimum absolute atomic E-state index is 0.0543. The summed E-state index contributed by atoms with van der Waals surface area (Å²) in [5.41, 5.74) is 1.90. The first-order valence-corrected chi connectivity index (χ1v) is 19.1. The van der Waals surface area contributed by atoms with E-state index in [-0.39, 0.29) is 29.1 Å². The number of benzene rings is 4. The van der Waals surface area contributed by atoms with E-state index in [9.17, 15) is 19.2 Å². The van der Waals surface area contributed by atoms with Gasteiger partial charge < -0.3 is 34.9 Å². The lowest BCUT2D eigenvalue weighted by molar-refractivity contribution is 0.0595. The molecule has 0 aliphatic carbocycles. The number of nitrogens with one attached hydrogen (secondary N) is 3. The zero-order chi connectivity index (χ0) is 40.9. The molecule has 1 fully saturated rings. The molecule has 1 aliphatic heterocycles. The van der Waals surface area contributed by atoms with Crippen LogP contribution < -0.4 is 25.4 Å². The Labute approximate surface area is 336 Å². The molecule has 2 aromatic heterocycles. The van der Waals surface area contributed by atoms with Gasteiger partial charge in [0.2, 0.25) is 0 Å². The Morgan fingerprint density at radius 2 is 1.10 bits per heavy atom. The first-order chi connectivity index (χ1) is 28.3. The van der Waals surface area contributed by atoms with Crippen LogP contribution in [-0.2, 0) is 9.47 Å². The van der Waals surface area contributed by atoms with Crippen LogP contribution in [0.1, 0.15) is 68.4 Å². The SMILES string of the molecule is CCOc1ccc(C(=O)Nc2cccnc2C(=O)NCC2CCOCC2)c2ccccc12.CCOc1ccc(C(=O)Nc2cccnc2C(=O)OC)c2ccccc12. The van der Waals surface area contributed by atoms with Gasteiger partial charge in [0.05, 0.1) is 31.7 Å². The summed E-state index contributed by atoms with van der Waals surface area (Å²) in [5.74, 6) is 0.273. The van der Waals surface area contributed by atoms with Gasteiger partial charge in [-0.25, -0.2) is 14.8 Å². The Hall–Kier alpha value is -6.86. The Morgan fingerprint density at radius 1 is 0.621 bits per heavy atom. The molecule has 0 radical (unpaired) electrons. The van der Waals surface area contributed by atoms with Gasteiger partial charge in [-0.1, -0.05) is 48.5 Å². The number of amides is 3. The van der Waals surface area contributed by atoms with Gasteiger partial charge in [0.25, 0.3) is 17.7 Å². The summed E-state index contributed by atoms with van der Waals surface area (Å²) in [6.07, 6.45) is 4.87. The highest BCUT2D eigenvalue weighted by molar-refractivity contribution is 6.16. The van der Waals surface area contributed by atoms with E-state index in [2.05, 4.69) is 25.9 Å². The number of methoxy groups -OCH3 is 1. The topological polar surface area (TPSA) is 167 Å². The van der Waals surface area contributed by atoms with Gasteiger partial charge >= 0.3 is 5.97 Å². The van der Waals surface area contributed by atoms with E-state index in [1.807, 2.05) is 62.4 Å². The molecule has 0 atom stereocenters. The van der Waals surface area contributed by atoms with Gasteiger partial charge in [0.1, 0.15) is 11.5 Å². The molecule has 298 valence electrons. The number of pyridine rings is 2. The molecular weight excluding hydrogens is 739 g/mol. The van der Waals surface area contributed by atoms with Gasteiger partial charge in [-0.15, -0.1) is 0 Å². The van der Waals surface area contributed by atoms with Crippen molar-refractivity contribution in [2.45, 2.75) is 26.7 Å². The molecular formula is C45H45N5O8. The standard InChI is InChI=1S/C25H27N3O4.C20H18N2O4/c1-2-32-22-10-9-20(18-6-3-4-7-19(18)22)24(29)28-21-8-5-13-26-23(21)25(30)27-16-17-11-14-31-15-12-17;1-3-26-17-11-10-15(13-7-4-5-8-14(13)17)19(23)22-16-9-6-12-21-18(16)20(24)25-2/h3-10,13,17H,2,11-12,14-16H2,1H3,(H,27,30)(H,28,29);4-12H,3H2,1-2H3,(H,22,23). The normalized spacial score (nSPS) is 12.5. The van der Waals surface area contributed by atoms with Crippen molar-refractivity contribution < 1.29 is 38.1 Å². The molecule has 13 nitrogen and oxygen atoms in total. The molecule has 58 heavy (non-hydrogen) atoms. The molecule has 0 bridgehead atoms. The number of anilines is 2. The number of rotatable bonds is 12. The molecule has 3 amide bonds. The number of nitrogens with zero attached hydrogens (tertiary/aromatic N) is 2. The van der Waals surface area contributed by atoms with Gasteiger partial charge in [-0.2, -0.15) is 0 Å². The minimum atomic E-state index is -0.613. The number of carbonyl (C=O) groups excluding carboxylic acids is 4. The number of hydrogen-bond donors (Lipinski definition) is 3. The summed E-state index contributed by atoms with van der Waals surface area (Å²) < 4.78 is 21.4. The molecule has 13 heteroatoms. The number of fused-ring (bicyclic) bond motifs is 2. The van der Waals surface area contributed by atoms with Gasteiger partial charge in [0.15, 0.2) is 11.4 Å². The van der Waals surface area contributed by atoms with Crippen LogP contribution in [0.5, 0.6) is 11.5 Å². The minimum Gasteiger partial charge on any atom is -0.493 e. The fourth-order valence-corrected chi connectivity index (χ4v) is 6.60. The number of hydrogen-bond acceptors (Lipinski definition) is 10. The zero-order valence-corrected chi connectivity index (χ0v) is 32.6. The number of ether oxygens (including phenoxy) is 4. The highest BCUT2D eigenvalue weighted by Crippen LogP contribution is 2.31. The second-order valence-electron chi connectivity index (χ2n) is 13.1. The van der Waals surface area contributed by atoms with Crippen molar-refractivity contribution in [3.63, 3.8) is 0 Å². The third-order valence-corrected chi connectivity index (χ3v) is 9.45. The number of carbonyl (C=O) groups is 4. The molecule has 3 N–H and O–H groups in total. The van der Waals surface area contributed by atoms with Crippen LogP contribution in [0.3, 0.4) is 0 Å². The van der Waals surface area contributed by atoms with Crippen LogP contribution in [0.25, 0.3) is 21.5 Å². The highest BCUT2D eigenvalue weighted by Gasteiger charge is 2.21. The first-order valence-electron chi connectivity index (χ1n) is 19.1. The second-order valence-corrected chi connectivity index (χ2v) is 13.1. The molecule has 7 rings (SSSR count). The summed E-state index contributed by atoms with van der Waals surface area (Å²) in [4.78, 5) is 58.8. The predicted octanol–water partition coefficient (Wildman–Crippen LogP) is 7.71. The van der Waals surface area contributed by atoms with E-state index in [0.29, 0.717) is 48.2 Å². The second kappa shape index (κ2) is 19.8. The van der Waals surface area contributed by atoms with Crippen molar-refractivity contribution in [2.24, 2.45) is 5.92 Å². The summed E-state index contributed by atoms with van der Waals surface area (Å²) in [7, 11) is 1.27. The van der Waals surface area contributed by atoms with Crippen LogP contribution in [0.4, 0.5) is 11.4 Å². The largest absolute Gasteiger partial charge is 0.493 e. The smallest absolute Gasteiger partial charge is 0.358 e. The molecule has 0 spiro atoms. The Morgan fingerprint density at radius 3 is 1.60 bits per heavy atom. The zero-order valence-electron chi connectivity index (χ0n) is 32.6. The monoisotopic (exact) mass is 783 g/mol. The molecule has 4 aromatic carbocycles. The predicted molar refractivity (Wildman–Crippen MR) is 222 cm³/mol. The fraction of sp³-hybridized carbons (Fsp3) is 0.244. The summed E-state index contributed by atoms with van der Waals surface area (Å²) in [6, 6.07) is 28.8. The lowest BCUT2D eigenvalue weighted by Crippen LogP contribution is -2.33. The molecule has 3 heterocycles. The molecule has 0 saturated carbocycles. The van der Waals surface area contributed by atoms with Crippen molar-refractivity contribution >= 4 is 56.6 Å². The van der Waals surface area contributed by atoms with E-state index in [4.69, 9.17) is 18.9 Å². The highest BCUT2D eigenvalue weighted by atomic mass is 16.5. The number of aromatic nitrogens is 2. The van der Waals surface area contributed by atoms with Crippen molar-refractivity contribution in [1.29, 1.82) is 0 Å². The van der Waals surface area contributed by atoms with Crippen molar-refractivity contribution in [1.82, 2.24) is 15.3 Å². The molecule has 6 aromatic rings. The third-order valence-electron chi connectivity index (χ3n) is 9.45. The number of esters is 1. The summed E-state index contributed by atoms with van der Waals surface area (Å²) in [6.45, 7) is 6.92. The van der Waals surface area contributed by atoms with Crippen LogP contribution in [0.15, 0.2) is 109 Å². The van der Waals surface area contributed by atoms with Gasteiger partial charge in [-0.05, 0) is 91.9 Å². The van der Waals surface area contributed by atoms with Crippen LogP contribution in [-0.4, -0.2) is 73.7 Å². The van der Waals surface area contributed by atoms with Crippen LogP contribution >= 0.6 is 0 Å². The lowest BCUT2D eigenvalue weighted by atomic mass is 10.0. The van der Waals surface area contributed by atoms with Crippen molar-refractivity contribution in [3.8, 4) is 11.5 Å². The Kier molecular flexibility index (Phi) is 13.9. The average molecular weight is 784 g/mol. The molecule has 0 unspecified atom stereocenters. The summed E-state index contributed by atoms with van der Waals surface area (Å²) in [5, 5.41) is 11.8. The maximum atomic E-state index is 13.2. The van der Waals surface area contributed by atoms with Gasteiger partial charge in [0, 0.05) is 54.1 Å². The third kappa shape index (κ3) is 9.74. The average Bonchev–Trinajstić information content (AvgIpc) is 3.26. The Bertz CT molecular complexity index is 2410. The molecule has 1 saturated heterocycles. The van der Waals surface area contributed by atoms with Crippen molar-refractivity contribution in [3.05, 3.63) is 132 Å². The lowest BCUT2D eigenvalue weighted by Gasteiger charge is -2.22. The van der Waals surface area contributed by atoms with E-state index >= 15 is 0 Å². The Balaban J connectivity index is 0.000000200. The maximum absolute atomic E-state index is 13.2. The van der Waals surface area contributed by atoms with E-state index in [0.717, 1.165) is 59.1 Å². The van der Waals surface area contributed by atoms with Gasteiger partial charge in [-0.3, -0.25) is 14.4 Å². The maximum Gasteiger partial charge on any atom is 0.358 e. The first kappa shape index (κ1) is 40.8. The molecule has 1 aliphatic rings. The van der Waals surface area contributed by atoms with Crippen molar-refractivity contribution in [2.75, 3.05) is 50.7 Å². The van der Waals surface area contributed by atoms with Crippen LogP contribution in [0, 0.1) is 5.92 Å². The van der Waals surface area contributed by atoms with Crippen LogP contribution in [0.2, 0.25) is 0 Å². The van der Waals surface area contributed by atoms with E-state index in [1.54, 1.807) is 54.7 Å². The fourth-order valence-electron chi connectivity index (χ4n) is 6.60. The van der Waals surface area contributed by atoms with E-state index in [1.165, 1.54) is 13.3 Å². The summed E-state index contributed by atoms with van der Waals surface area (Å²) >= 11 is 0.